The van der Waals surface area contributed by atoms with E-state index in [-0.39, 0.29) is 0 Å². The van der Waals surface area contributed by atoms with Gasteiger partial charge in [-0.25, -0.2) is 0 Å². The van der Waals surface area contributed by atoms with Gasteiger partial charge in [0.25, 0.3) is 0 Å². The number of benzene rings is 8. The normalized spacial score (nSPS) is 15.5. The highest BCUT2D eigenvalue weighted by Crippen LogP contribution is 2.54. The second kappa shape index (κ2) is 9.64. The van der Waals surface area contributed by atoms with Gasteiger partial charge in [-0.15, -0.1) is 0 Å². The molecule has 0 radical (unpaired) electrons. The third kappa shape index (κ3) is 3.57. The molecule has 8 aromatic carbocycles. The Morgan fingerprint density at radius 3 is 1.64 bits per heavy atom. The van der Waals surface area contributed by atoms with E-state index in [1.165, 1.54) is 27.1 Å². The molecule has 1 unspecified atom stereocenters. The van der Waals surface area contributed by atoms with Crippen molar-refractivity contribution in [1.29, 1.82) is 0 Å². The van der Waals surface area contributed by atoms with Crippen molar-refractivity contribution < 1.29 is 4.57 Å². The van der Waals surface area contributed by atoms with Gasteiger partial charge in [0.1, 0.15) is 0 Å². The maximum atomic E-state index is 16.2. The van der Waals surface area contributed by atoms with Crippen LogP contribution in [0.5, 0.6) is 0 Å². The van der Waals surface area contributed by atoms with Gasteiger partial charge < -0.3 is 4.57 Å². The van der Waals surface area contributed by atoms with Crippen LogP contribution in [0.1, 0.15) is 0 Å². The monoisotopic (exact) mass is 578 g/mol. The number of hydrogen-bond acceptors (Lipinski definition) is 1. The highest BCUT2D eigenvalue weighted by atomic mass is 31.2. The molecule has 1 atom stereocenters. The number of hydrogen-bond donors (Lipinski definition) is 0. The zero-order valence-electron chi connectivity index (χ0n) is 23.9. The van der Waals surface area contributed by atoms with Gasteiger partial charge in [-0.2, -0.15) is 0 Å². The summed E-state index contributed by atoms with van der Waals surface area (Å²) in [7, 11) is -3.31. The maximum Gasteiger partial charge on any atom is 0.172 e. The summed E-state index contributed by atoms with van der Waals surface area (Å²) in [5.41, 5.74) is 6.70. The van der Waals surface area contributed by atoms with Crippen LogP contribution in [0.15, 0.2) is 164 Å². The number of rotatable bonds is 2. The zero-order chi connectivity index (χ0) is 29.3. The molecule has 1 aliphatic heterocycles. The molecule has 0 N–H and O–H groups in total. The van der Waals surface area contributed by atoms with Crippen LogP contribution in [0.3, 0.4) is 0 Å². The summed E-state index contributed by atoms with van der Waals surface area (Å²) in [5.74, 6) is 0. The van der Waals surface area contributed by atoms with Crippen molar-refractivity contribution in [2.45, 2.75) is 0 Å². The van der Waals surface area contributed by atoms with E-state index in [4.69, 9.17) is 0 Å². The van der Waals surface area contributed by atoms with E-state index in [9.17, 15) is 0 Å². The molecule has 2 heteroatoms. The fourth-order valence-electron chi connectivity index (χ4n) is 7.26. The van der Waals surface area contributed by atoms with Gasteiger partial charge in [-0.3, -0.25) is 0 Å². The van der Waals surface area contributed by atoms with Gasteiger partial charge in [-0.1, -0.05) is 158 Å². The van der Waals surface area contributed by atoms with Crippen molar-refractivity contribution in [2.24, 2.45) is 0 Å². The molecule has 8 aromatic rings. The molecule has 1 aliphatic rings. The predicted molar refractivity (Wildman–Crippen MR) is 188 cm³/mol. The van der Waals surface area contributed by atoms with Crippen LogP contribution < -0.4 is 15.9 Å². The first-order valence-electron chi connectivity index (χ1n) is 15.0. The smallest absolute Gasteiger partial charge is 0.172 e. The maximum absolute atomic E-state index is 16.2. The predicted octanol–water partition coefficient (Wildman–Crippen LogP) is 10.1. The summed E-state index contributed by atoms with van der Waals surface area (Å²) in [4.78, 5) is 0. The average Bonchev–Trinajstić information content (AvgIpc) is 3.19. The highest BCUT2D eigenvalue weighted by molar-refractivity contribution is 7.85. The van der Waals surface area contributed by atoms with Crippen LogP contribution in [0.4, 0.5) is 0 Å². The quantitative estimate of drug-likeness (QED) is 0.187. The standard InChI is InChI=1S/C42H27OP/c43-44(32-24-20-31(21-25-32)34-18-9-13-28-10-1-4-14-33(28)34)39-19-8-7-17-37(39)38-26-22-29-11-2-5-15-35(29)41(38)42-36-16-6-3-12-30(36)23-27-40(42)44/h1-27H. The molecule has 206 valence electrons. The van der Waals surface area contributed by atoms with E-state index in [1.54, 1.807) is 0 Å². The Hall–Kier alpha value is -5.23. The molecular formula is C42H27OP. The van der Waals surface area contributed by atoms with Crippen LogP contribution in [0, 0.1) is 0 Å². The largest absolute Gasteiger partial charge is 0.309 e. The lowest BCUT2D eigenvalue weighted by molar-refractivity contribution is 0.592. The van der Waals surface area contributed by atoms with E-state index in [0.717, 1.165) is 54.5 Å². The molecule has 0 bridgehead atoms. The van der Waals surface area contributed by atoms with Crippen molar-refractivity contribution >= 4 is 55.4 Å². The van der Waals surface area contributed by atoms with Crippen molar-refractivity contribution in [2.75, 3.05) is 0 Å². The summed E-state index contributed by atoms with van der Waals surface area (Å²) in [6, 6.07) is 57.5. The molecule has 44 heavy (non-hydrogen) atoms. The second-order valence-electron chi connectivity index (χ2n) is 11.6. The first-order chi connectivity index (χ1) is 21.7. The summed E-state index contributed by atoms with van der Waals surface area (Å²) in [6.45, 7) is 0. The molecule has 1 nitrogen and oxygen atoms in total. The van der Waals surface area contributed by atoms with Crippen molar-refractivity contribution in [3.05, 3.63) is 164 Å². The SMILES string of the molecule is O=P1(c2ccc(-c3cccc4ccccc34)cc2)c2ccccc2-c2ccc3ccccc3c2-c2c1ccc1ccccc21. The summed E-state index contributed by atoms with van der Waals surface area (Å²) >= 11 is 0. The summed E-state index contributed by atoms with van der Waals surface area (Å²) in [6.07, 6.45) is 0. The van der Waals surface area contributed by atoms with E-state index in [0.29, 0.717) is 0 Å². The van der Waals surface area contributed by atoms with Gasteiger partial charge in [0.05, 0.1) is 0 Å². The third-order valence-corrected chi connectivity index (χ3v) is 12.4. The fraction of sp³-hybridized carbons (Fsp3) is 0. The van der Waals surface area contributed by atoms with E-state index in [2.05, 4.69) is 158 Å². The molecule has 0 aromatic heterocycles. The Morgan fingerprint density at radius 1 is 0.341 bits per heavy atom. The molecule has 0 amide bonds. The van der Waals surface area contributed by atoms with E-state index < -0.39 is 7.14 Å². The first kappa shape index (κ1) is 25.3. The molecule has 0 saturated carbocycles. The van der Waals surface area contributed by atoms with Gasteiger partial charge >= 0.3 is 0 Å². The van der Waals surface area contributed by atoms with Crippen molar-refractivity contribution in [3.63, 3.8) is 0 Å². The molecule has 0 saturated heterocycles. The van der Waals surface area contributed by atoms with Crippen molar-refractivity contribution in [3.8, 4) is 33.4 Å². The molecule has 9 rings (SSSR count). The van der Waals surface area contributed by atoms with Crippen LogP contribution in [-0.2, 0) is 4.57 Å². The summed E-state index contributed by atoms with van der Waals surface area (Å²) in [5, 5.41) is 9.70. The van der Waals surface area contributed by atoms with Gasteiger partial charge in [0.15, 0.2) is 7.14 Å². The fourth-order valence-corrected chi connectivity index (χ4v) is 10.3. The Labute approximate surface area is 256 Å². The van der Waals surface area contributed by atoms with E-state index >= 15 is 4.57 Å². The Bertz CT molecular complexity index is 2470. The van der Waals surface area contributed by atoms with Gasteiger partial charge in [-0.05, 0) is 66.2 Å². The summed E-state index contributed by atoms with van der Waals surface area (Å²) < 4.78 is 16.2. The van der Waals surface area contributed by atoms with Crippen molar-refractivity contribution in [1.82, 2.24) is 0 Å². The van der Waals surface area contributed by atoms with Gasteiger partial charge in [0.2, 0.25) is 0 Å². The van der Waals surface area contributed by atoms with E-state index in [1.807, 2.05) is 6.07 Å². The van der Waals surface area contributed by atoms with Crippen LogP contribution >= 0.6 is 7.14 Å². The van der Waals surface area contributed by atoms with Gasteiger partial charge in [0, 0.05) is 21.5 Å². The molecule has 0 spiro atoms. The Kier molecular flexibility index (Phi) is 5.54. The van der Waals surface area contributed by atoms with Crippen LogP contribution in [0.2, 0.25) is 0 Å². The minimum Gasteiger partial charge on any atom is -0.309 e. The number of fused-ring (bicyclic) bond motifs is 10. The lowest BCUT2D eigenvalue weighted by Gasteiger charge is -2.23. The molecule has 0 aliphatic carbocycles. The minimum atomic E-state index is -3.31. The third-order valence-electron chi connectivity index (χ3n) is 9.29. The van der Waals surface area contributed by atoms with Crippen LogP contribution in [0.25, 0.3) is 65.7 Å². The molecular weight excluding hydrogens is 551 g/mol. The highest BCUT2D eigenvalue weighted by Gasteiger charge is 2.38. The second-order valence-corrected chi connectivity index (χ2v) is 14.3. The first-order valence-corrected chi connectivity index (χ1v) is 16.8. The minimum absolute atomic E-state index is 0.850. The zero-order valence-corrected chi connectivity index (χ0v) is 24.8. The average molecular weight is 579 g/mol. The topological polar surface area (TPSA) is 17.1 Å². The molecule has 1 heterocycles. The lowest BCUT2D eigenvalue weighted by atomic mass is 9.87. The Morgan fingerprint density at radius 2 is 0.886 bits per heavy atom. The molecule has 0 fully saturated rings. The van der Waals surface area contributed by atoms with Crippen LogP contribution in [-0.4, -0.2) is 0 Å². The Balaban J connectivity index is 1.37. The lowest BCUT2D eigenvalue weighted by Crippen LogP contribution is -2.26.